The first kappa shape index (κ1) is 8.78. The van der Waals surface area contributed by atoms with Gasteiger partial charge >= 0.3 is 0 Å². The summed E-state index contributed by atoms with van der Waals surface area (Å²) < 4.78 is 5.33. The second kappa shape index (κ2) is 3.39. The van der Waals surface area contributed by atoms with Gasteiger partial charge in [-0.1, -0.05) is 18.2 Å². The molecule has 1 rings (SSSR count). The molecular weight excluding hydrogens is 150 g/mol. The van der Waals surface area contributed by atoms with E-state index >= 15 is 0 Å². The van der Waals surface area contributed by atoms with Crippen LogP contribution in [0, 0.1) is 13.8 Å². The molecule has 64 valence electrons. The lowest BCUT2D eigenvalue weighted by Crippen LogP contribution is -1.73. The molecule has 0 bridgehead atoms. The Morgan fingerprint density at radius 1 is 1.50 bits per heavy atom. The highest BCUT2D eigenvalue weighted by molar-refractivity contribution is 5.48. The van der Waals surface area contributed by atoms with Crippen molar-refractivity contribution in [3.8, 4) is 0 Å². The van der Waals surface area contributed by atoms with E-state index in [1.807, 2.05) is 32.9 Å². The van der Waals surface area contributed by atoms with Gasteiger partial charge in [0.05, 0.1) is 5.69 Å². The molecule has 0 spiro atoms. The summed E-state index contributed by atoms with van der Waals surface area (Å²) in [7, 11) is 0. The summed E-state index contributed by atoms with van der Waals surface area (Å²) in [6, 6.07) is 0. The molecule has 0 aliphatic heterocycles. The minimum Gasteiger partial charge on any atom is -0.441 e. The van der Waals surface area contributed by atoms with Gasteiger partial charge in [-0.15, -0.1) is 0 Å². The quantitative estimate of drug-likeness (QED) is 0.626. The van der Waals surface area contributed by atoms with Gasteiger partial charge < -0.3 is 4.42 Å². The first-order valence-electron chi connectivity index (χ1n) is 3.87. The lowest BCUT2D eigenvalue weighted by Gasteiger charge is -1.86. The van der Waals surface area contributed by atoms with Crippen molar-refractivity contribution in [2.75, 3.05) is 0 Å². The van der Waals surface area contributed by atoms with Crippen LogP contribution in [0.3, 0.4) is 0 Å². The normalized spacial score (nSPS) is 10.9. The van der Waals surface area contributed by atoms with Crippen LogP contribution in [0.2, 0.25) is 0 Å². The second-order valence-corrected chi connectivity index (χ2v) is 2.86. The molecule has 1 aromatic rings. The molecule has 0 radical (unpaired) electrons. The van der Waals surface area contributed by atoms with Gasteiger partial charge in [0.25, 0.3) is 0 Å². The predicted molar refractivity (Wildman–Crippen MR) is 49.8 cm³/mol. The fourth-order valence-corrected chi connectivity index (χ4v) is 0.920. The number of oxazole rings is 1. The summed E-state index contributed by atoms with van der Waals surface area (Å²) in [6.07, 6.45) is 3.80. The highest BCUT2D eigenvalue weighted by Gasteiger charge is 2.01. The smallest absolute Gasteiger partial charge is 0.191 e. The van der Waals surface area contributed by atoms with E-state index in [4.69, 9.17) is 4.42 Å². The van der Waals surface area contributed by atoms with Crippen LogP contribution < -0.4 is 0 Å². The predicted octanol–water partition coefficient (Wildman–Crippen LogP) is 2.88. The molecular formula is C10H13NO. The second-order valence-electron chi connectivity index (χ2n) is 2.86. The van der Waals surface area contributed by atoms with Gasteiger partial charge in [-0.3, -0.25) is 0 Å². The molecule has 0 amide bonds. The SMILES string of the molecule is C=C(C)/C=C\c1oc(C)nc1C. The Balaban J connectivity index is 2.89. The van der Waals surface area contributed by atoms with Crippen molar-refractivity contribution < 1.29 is 4.42 Å². The van der Waals surface area contributed by atoms with Gasteiger partial charge in [-0.25, -0.2) is 4.98 Å². The minimum absolute atomic E-state index is 0.703. The number of rotatable bonds is 2. The third-order valence-corrected chi connectivity index (χ3v) is 1.46. The van der Waals surface area contributed by atoms with E-state index in [1.165, 1.54) is 0 Å². The van der Waals surface area contributed by atoms with Crippen LogP contribution >= 0.6 is 0 Å². The number of hydrogen-bond donors (Lipinski definition) is 0. The zero-order chi connectivity index (χ0) is 9.14. The Kier molecular flexibility index (Phi) is 2.48. The van der Waals surface area contributed by atoms with Gasteiger partial charge in [-0.2, -0.15) is 0 Å². The zero-order valence-electron chi connectivity index (χ0n) is 7.72. The molecule has 0 atom stereocenters. The van der Waals surface area contributed by atoms with Crippen molar-refractivity contribution in [2.45, 2.75) is 20.8 Å². The molecule has 2 heteroatoms. The van der Waals surface area contributed by atoms with Crippen LogP contribution in [-0.4, -0.2) is 4.98 Å². The monoisotopic (exact) mass is 163 g/mol. The maximum atomic E-state index is 5.33. The molecule has 0 aromatic carbocycles. The van der Waals surface area contributed by atoms with Gasteiger partial charge in [0, 0.05) is 6.92 Å². The molecule has 1 heterocycles. The molecule has 0 N–H and O–H groups in total. The van der Waals surface area contributed by atoms with E-state index in [0.717, 1.165) is 17.0 Å². The fourth-order valence-electron chi connectivity index (χ4n) is 0.920. The van der Waals surface area contributed by atoms with Gasteiger partial charge in [0.2, 0.25) is 0 Å². The molecule has 0 fully saturated rings. The summed E-state index contributed by atoms with van der Waals surface area (Å²) in [4.78, 5) is 4.14. The molecule has 0 unspecified atom stereocenters. The van der Waals surface area contributed by atoms with Crippen LogP contribution in [0.5, 0.6) is 0 Å². The molecule has 0 saturated carbocycles. The molecule has 0 saturated heterocycles. The highest BCUT2D eigenvalue weighted by Crippen LogP contribution is 2.11. The van der Waals surface area contributed by atoms with E-state index in [2.05, 4.69) is 11.6 Å². The van der Waals surface area contributed by atoms with Crippen molar-refractivity contribution >= 4 is 6.08 Å². The van der Waals surface area contributed by atoms with Crippen molar-refractivity contribution in [3.05, 3.63) is 35.6 Å². The summed E-state index contributed by atoms with van der Waals surface area (Å²) in [5, 5.41) is 0. The molecule has 1 aromatic heterocycles. The Labute approximate surface area is 72.6 Å². The van der Waals surface area contributed by atoms with E-state index in [0.29, 0.717) is 5.89 Å². The van der Waals surface area contributed by atoms with Crippen molar-refractivity contribution in [3.63, 3.8) is 0 Å². The lowest BCUT2D eigenvalue weighted by atomic mass is 10.2. The number of aromatic nitrogens is 1. The summed E-state index contributed by atoms with van der Waals surface area (Å²) >= 11 is 0. The van der Waals surface area contributed by atoms with Crippen LogP contribution in [0.15, 0.2) is 22.6 Å². The first-order valence-corrected chi connectivity index (χ1v) is 3.87. The summed E-state index contributed by atoms with van der Waals surface area (Å²) in [6.45, 7) is 9.46. The number of hydrogen-bond acceptors (Lipinski definition) is 2. The molecule has 0 aliphatic carbocycles. The summed E-state index contributed by atoms with van der Waals surface area (Å²) in [5.41, 5.74) is 1.92. The third kappa shape index (κ3) is 2.09. The Hall–Kier alpha value is -1.31. The minimum atomic E-state index is 0.703. The Morgan fingerprint density at radius 2 is 2.17 bits per heavy atom. The average molecular weight is 163 g/mol. The van der Waals surface area contributed by atoms with Crippen molar-refractivity contribution in [2.24, 2.45) is 0 Å². The Bertz CT molecular complexity index is 321. The molecule has 12 heavy (non-hydrogen) atoms. The van der Waals surface area contributed by atoms with Crippen molar-refractivity contribution in [1.82, 2.24) is 4.98 Å². The maximum absolute atomic E-state index is 5.33. The van der Waals surface area contributed by atoms with Crippen LogP contribution in [0.4, 0.5) is 0 Å². The number of nitrogens with zero attached hydrogens (tertiary/aromatic N) is 1. The van der Waals surface area contributed by atoms with Gasteiger partial charge in [-0.05, 0) is 19.9 Å². The van der Waals surface area contributed by atoms with E-state index in [9.17, 15) is 0 Å². The van der Waals surface area contributed by atoms with E-state index < -0.39 is 0 Å². The lowest BCUT2D eigenvalue weighted by molar-refractivity contribution is 0.512. The average Bonchev–Trinajstić information content (AvgIpc) is 2.26. The van der Waals surface area contributed by atoms with Crippen LogP contribution in [0.25, 0.3) is 6.08 Å². The van der Waals surface area contributed by atoms with E-state index in [-0.39, 0.29) is 0 Å². The Morgan fingerprint density at radius 3 is 2.58 bits per heavy atom. The highest BCUT2D eigenvalue weighted by atomic mass is 16.4. The van der Waals surface area contributed by atoms with Crippen LogP contribution in [0.1, 0.15) is 24.3 Å². The number of allylic oxidation sites excluding steroid dienone is 2. The fraction of sp³-hybridized carbons (Fsp3) is 0.300. The van der Waals surface area contributed by atoms with Gasteiger partial charge in [0.15, 0.2) is 5.89 Å². The zero-order valence-corrected chi connectivity index (χ0v) is 7.72. The molecule has 2 nitrogen and oxygen atoms in total. The molecule has 0 aliphatic rings. The first-order chi connectivity index (χ1) is 5.59. The largest absolute Gasteiger partial charge is 0.441 e. The van der Waals surface area contributed by atoms with E-state index in [1.54, 1.807) is 0 Å². The topological polar surface area (TPSA) is 26.0 Å². The van der Waals surface area contributed by atoms with Crippen LogP contribution in [-0.2, 0) is 0 Å². The number of aryl methyl sites for hydroxylation is 2. The van der Waals surface area contributed by atoms with Gasteiger partial charge in [0.1, 0.15) is 5.76 Å². The van der Waals surface area contributed by atoms with Crippen molar-refractivity contribution in [1.29, 1.82) is 0 Å². The summed E-state index contributed by atoms with van der Waals surface area (Å²) in [5.74, 6) is 1.52. The third-order valence-electron chi connectivity index (χ3n) is 1.46. The standard InChI is InChI=1S/C10H13NO/c1-7(2)5-6-10-8(3)11-9(4)12-10/h5-6H,1H2,2-4H3/b6-5-. The maximum Gasteiger partial charge on any atom is 0.191 e.